The summed E-state index contributed by atoms with van der Waals surface area (Å²) in [5.41, 5.74) is 2.01. The van der Waals surface area contributed by atoms with Crippen LogP contribution in [0.25, 0.3) is 10.2 Å². The Bertz CT molecular complexity index is 1190. The second-order valence-corrected chi connectivity index (χ2v) is 9.53. The molecule has 0 fully saturated rings. The summed E-state index contributed by atoms with van der Waals surface area (Å²) in [6.07, 6.45) is 1.68. The molecule has 29 heavy (non-hydrogen) atoms. The molecule has 0 radical (unpaired) electrons. The normalized spacial score (nSPS) is 11.6. The lowest BCUT2D eigenvalue weighted by atomic mass is 9.86. The van der Waals surface area contributed by atoms with Crippen LogP contribution in [0, 0.1) is 5.82 Å². The van der Waals surface area contributed by atoms with E-state index in [1.807, 2.05) is 36.4 Å². The Morgan fingerprint density at radius 1 is 1.10 bits per heavy atom. The van der Waals surface area contributed by atoms with Gasteiger partial charge < -0.3 is 10.1 Å². The van der Waals surface area contributed by atoms with Gasteiger partial charge >= 0.3 is 0 Å². The van der Waals surface area contributed by atoms with E-state index in [1.54, 1.807) is 6.20 Å². The van der Waals surface area contributed by atoms with Gasteiger partial charge in [0.05, 0.1) is 4.70 Å². The average Bonchev–Trinajstić information content (AvgIpc) is 3.05. The Balaban J connectivity index is 1.68. The number of pyridine rings is 1. The molecule has 0 amide bonds. The topological polar surface area (TPSA) is 47.0 Å². The number of nitrogens with one attached hydrogen (secondary N) is 1. The van der Waals surface area contributed by atoms with E-state index in [0.29, 0.717) is 26.7 Å². The summed E-state index contributed by atoms with van der Waals surface area (Å²) in [6.45, 7) is 6.42. The number of ether oxygens (including phenoxy) is 1. The van der Waals surface area contributed by atoms with E-state index >= 15 is 0 Å². The summed E-state index contributed by atoms with van der Waals surface area (Å²) in [5, 5.41) is 3.79. The first-order valence-corrected chi connectivity index (χ1v) is 10.7. The molecule has 4 aromatic rings. The van der Waals surface area contributed by atoms with E-state index in [4.69, 9.17) is 4.74 Å². The fourth-order valence-electron chi connectivity index (χ4n) is 2.97. The molecule has 148 valence electrons. The molecule has 0 aliphatic carbocycles. The van der Waals surface area contributed by atoms with Crippen molar-refractivity contribution in [3.05, 3.63) is 70.6 Å². The number of thiazole rings is 1. The molecule has 0 atom stereocenters. The monoisotopic (exact) mass is 471 g/mol. The van der Waals surface area contributed by atoms with E-state index in [2.05, 4.69) is 58.1 Å². The van der Waals surface area contributed by atoms with E-state index < -0.39 is 0 Å². The number of aromatic nitrogens is 2. The predicted molar refractivity (Wildman–Crippen MR) is 120 cm³/mol. The average molecular weight is 472 g/mol. The van der Waals surface area contributed by atoms with Gasteiger partial charge in [-0.15, -0.1) is 0 Å². The maximum atomic E-state index is 14.2. The maximum Gasteiger partial charge on any atom is 0.243 e. The van der Waals surface area contributed by atoms with Gasteiger partial charge in [-0.05, 0) is 35.7 Å². The van der Waals surface area contributed by atoms with Gasteiger partial charge in [-0.2, -0.15) is 0 Å². The number of benzene rings is 2. The van der Waals surface area contributed by atoms with Crippen molar-refractivity contribution in [2.75, 3.05) is 5.32 Å². The molecule has 0 saturated carbocycles. The van der Waals surface area contributed by atoms with Crippen LogP contribution in [-0.4, -0.2) is 9.97 Å². The SMILES string of the molecule is CC(C)(C)c1ccccc1Oc1ncccc1Nc1nc2c(F)cc(Br)cc2s1. The van der Waals surface area contributed by atoms with Gasteiger partial charge in [0, 0.05) is 16.2 Å². The third-order valence-electron chi connectivity index (χ3n) is 4.33. The fourth-order valence-corrected chi connectivity index (χ4v) is 4.49. The van der Waals surface area contributed by atoms with Crippen molar-refractivity contribution in [1.29, 1.82) is 0 Å². The summed E-state index contributed by atoms with van der Waals surface area (Å²) in [5.74, 6) is 0.826. The number of hydrogen-bond acceptors (Lipinski definition) is 5. The summed E-state index contributed by atoms with van der Waals surface area (Å²) in [6, 6.07) is 14.9. The van der Waals surface area contributed by atoms with Crippen molar-refractivity contribution < 1.29 is 9.13 Å². The van der Waals surface area contributed by atoms with Gasteiger partial charge in [0.25, 0.3) is 0 Å². The van der Waals surface area contributed by atoms with Crippen molar-refractivity contribution in [2.45, 2.75) is 26.2 Å². The number of anilines is 2. The number of rotatable bonds is 4. The molecular formula is C22H19BrFN3OS. The highest BCUT2D eigenvalue weighted by molar-refractivity contribution is 9.10. The second-order valence-electron chi connectivity index (χ2n) is 7.58. The van der Waals surface area contributed by atoms with Crippen LogP contribution in [0.2, 0.25) is 0 Å². The van der Waals surface area contributed by atoms with Crippen LogP contribution in [0.5, 0.6) is 11.6 Å². The molecule has 4 rings (SSSR count). The van der Waals surface area contributed by atoms with Gasteiger partial charge in [-0.25, -0.2) is 14.4 Å². The molecule has 0 bridgehead atoms. The molecule has 2 aromatic heterocycles. The highest BCUT2D eigenvalue weighted by Crippen LogP contribution is 2.38. The minimum atomic E-state index is -0.361. The van der Waals surface area contributed by atoms with Crippen LogP contribution in [0.15, 0.2) is 59.2 Å². The van der Waals surface area contributed by atoms with Crippen molar-refractivity contribution >= 4 is 48.3 Å². The van der Waals surface area contributed by atoms with Crippen LogP contribution < -0.4 is 10.1 Å². The van der Waals surface area contributed by atoms with E-state index in [0.717, 1.165) is 16.0 Å². The fraction of sp³-hybridized carbons (Fsp3) is 0.182. The highest BCUT2D eigenvalue weighted by Gasteiger charge is 2.20. The van der Waals surface area contributed by atoms with E-state index in [-0.39, 0.29) is 11.2 Å². The van der Waals surface area contributed by atoms with Crippen LogP contribution >= 0.6 is 27.3 Å². The first kappa shape index (κ1) is 19.8. The minimum absolute atomic E-state index is 0.0725. The summed E-state index contributed by atoms with van der Waals surface area (Å²) < 4.78 is 21.8. The molecular weight excluding hydrogens is 453 g/mol. The van der Waals surface area contributed by atoms with Crippen LogP contribution in [0.1, 0.15) is 26.3 Å². The quantitative estimate of drug-likeness (QED) is 0.336. The number of para-hydroxylation sites is 1. The van der Waals surface area contributed by atoms with Crippen LogP contribution in [0.4, 0.5) is 15.2 Å². The first-order chi connectivity index (χ1) is 13.8. The van der Waals surface area contributed by atoms with E-state index in [9.17, 15) is 4.39 Å². The number of halogens is 2. The zero-order valence-electron chi connectivity index (χ0n) is 16.2. The molecule has 0 unspecified atom stereocenters. The molecule has 0 aliphatic rings. The Labute approximate surface area is 180 Å². The van der Waals surface area contributed by atoms with Crippen LogP contribution in [0.3, 0.4) is 0 Å². The molecule has 0 saturated heterocycles. The van der Waals surface area contributed by atoms with E-state index in [1.165, 1.54) is 17.4 Å². The van der Waals surface area contributed by atoms with Gasteiger partial charge in [-0.3, -0.25) is 0 Å². The molecule has 7 heteroatoms. The van der Waals surface area contributed by atoms with Crippen molar-refractivity contribution in [3.8, 4) is 11.6 Å². The number of hydrogen-bond donors (Lipinski definition) is 1. The first-order valence-electron chi connectivity index (χ1n) is 9.06. The Kier molecular flexibility index (Phi) is 5.27. The third-order valence-corrected chi connectivity index (χ3v) is 5.70. The zero-order chi connectivity index (χ0) is 20.6. The lowest BCUT2D eigenvalue weighted by Gasteiger charge is -2.22. The van der Waals surface area contributed by atoms with Crippen molar-refractivity contribution in [1.82, 2.24) is 9.97 Å². The maximum absolute atomic E-state index is 14.2. The van der Waals surface area contributed by atoms with Gasteiger partial charge in [0.2, 0.25) is 5.88 Å². The Morgan fingerprint density at radius 2 is 1.90 bits per heavy atom. The zero-order valence-corrected chi connectivity index (χ0v) is 18.6. The third kappa shape index (κ3) is 4.26. The molecule has 0 aliphatic heterocycles. The van der Waals surface area contributed by atoms with Gasteiger partial charge in [0.15, 0.2) is 10.9 Å². The smallest absolute Gasteiger partial charge is 0.243 e. The molecule has 1 N–H and O–H groups in total. The lowest BCUT2D eigenvalue weighted by molar-refractivity contribution is 0.442. The number of fused-ring (bicyclic) bond motifs is 1. The van der Waals surface area contributed by atoms with Crippen molar-refractivity contribution in [3.63, 3.8) is 0 Å². The molecule has 4 nitrogen and oxygen atoms in total. The standard InChI is InChI=1S/C22H19BrFN3OS/c1-22(2,3)14-7-4-5-9-17(14)28-20-16(8-6-10-25-20)26-21-27-19-15(24)11-13(23)12-18(19)29-21/h4-12H,1-3H3,(H,26,27). The van der Waals surface area contributed by atoms with Crippen LogP contribution in [-0.2, 0) is 5.41 Å². The predicted octanol–water partition coefficient (Wildman–Crippen LogP) is 7.43. The van der Waals surface area contributed by atoms with Gasteiger partial charge in [-0.1, -0.05) is 66.2 Å². The molecule has 2 heterocycles. The van der Waals surface area contributed by atoms with Crippen molar-refractivity contribution in [2.24, 2.45) is 0 Å². The largest absolute Gasteiger partial charge is 0.437 e. The Morgan fingerprint density at radius 3 is 2.69 bits per heavy atom. The minimum Gasteiger partial charge on any atom is -0.437 e. The molecule has 2 aromatic carbocycles. The highest BCUT2D eigenvalue weighted by atomic mass is 79.9. The van der Waals surface area contributed by atoms with Gasteiger partial charge in [0.1, 0.15) is 17.0 Å². The Hall–Kier alpha value is -2.51. The summed E-state index contributed by atoms with van der Waals surface area (Å²) >= 11 is 4.69. The summed E-state index contributed by atoms with van der Waals surface area (Å²) in [4.78, 5) is 8.77. The second kappa shape index (κ2) is 7.72. The molecule has 0 spiro atoms. The lowest BCUT2D eigenvalue weighted by Crippen LogP contribution is -2.12. The number of nitrogens with zero attached hydrogens (tertiary/aromatic N) is 2. The summed E-state index contributed by atoms with van der Waals surface area (Å²) in [7, 11) is 0.